The smallest absolute Gasteiger partial charge is 0.214 e. The number of nitrogens with one attached hydrogen (secondary N) is 2. The van der Waals surface area contributed by atoms with E-state index in [2.05, 4.69) is 58.9 Å². The Hall–Kier alpha value is -1.33. The summed E-state index contributed by atoms with van der Waals surface area (Å²) in [5.74, 6) is 1.03. The van der Waals surface area contributed by atoms with Gasteiger partial charge in [0.25, 0.3) is 0 Å². The minimum atomic E-state index is -3.10. The van der Waals surface area contributed by atoms with Gasteiger partial charge < -0.3 is 15.5 Å². The molecule has 2 aliphatic heterocycles. The quantitative estimate of drug-likeness (QED) is 0.221. The average molecular weight is 562 g/mol. The third kappa shape index (κ3) is 7.64. The highest BCUT2D eigenvalue weighted by Crippen LogP contribution is 2.19. The third-order valence-electron chi connectivity index (χ3n) is 5.51. The lowest BCUT2D eigenvalue weighted by molar-refractivity contribution is 0.306. The van der Waals surface area contributed by atoms with Crippen molar-refractivity contribution >= 4 is 45.6 Å². The van der Waals surface area contributed by atoms with Crippen molar-refractivity contribution in [2.45, 2.75) is 45.7 Å². The van der Waals surface area contributed by atoms with Gasteiger partial charge in [-0.05, 0) is 43.9 Å². The Morgan fingerprint density at radius 3 is 2.52 bits per heavy atom. The molecule has 0 unspecified atom stereocenters. The second-order valence-corrected chi connectivity index (χ2v) is 9.96. The fourth-order valence-corrected chi connectivity index (χ4v) is 5.43. The summed E-state index contributed by atoms with van der Waals surface area (Å²) in [5.41, 5.74) is 2.41. The molecule has 7 nitrogen and oxygen atoms in total. The number of halogens is 1. The topological polar surface area (TPSA) is 77.0 Å². The summed E-state index contributed by atoms with van der Waals surface area (Å²) in [6, 6.07) is 8.78. The number of hydrogen-bond acceptors (Lipinski definition) is 4. The monoisotopic (exact) mass is 561 g/mol. The van der Waals surface area contributed by atoms with Gasteiger partial charge in [0.2, 0.25) is 10.0 Å². The Bertz CT molecular complexity index is 843. The molecule has 2 heterocycles. The molecule has 0 aliphatic carbocycles. The highest BCUT2D eigenvalue weighted by Gasteiger charge is 2.27. The van der Waals surface area contributed by atoms with Crippen LogP contribution >= 0.6 is 24.0 Å². The van der Waals surface area contributed by atoms with Crippen LogP contribution in [0.1, 0.15) is 38.7 Å². The Morgan fingerprint density at radius 1 is 1.16 bits per heavy atom. The molecule has 9 heteroatoms. The van der Waals surface area contributed by atoms with E-state index < -0.39 is 10.0 Å². The van der Waals surface area contributed by atoms with Gasteiger partial charge in [-0.25, -0.2) is 17.7 Å². The highest BCUT2D eigenvalue weighted by atomic mass is 127. The van der Waals surface area contributed by atoms with Crippen LogP contribution in [0.15, 0.2) is 41.4 Å². The van der Waals surface area contributed by atoms with Gasteiger partial charge in [-0.1, -0.05) is 31.2 Å². The number of anilines is 1. The van der Waals surface area contributed by atoms with Crippen molar-refractivity contribution < 1.29 is 8.42 Å². The standard InChI is InChI=1S/C22H35N5O2S.HI/c1-3-16-30(28,29)27-14-10-20(11-15-27)25-22(23-4-2)24-18-19-8-7-9-21(17-19)26-12-5-6-13-26;/h5-9,17,20H,3-4,10-16,18H2,1-2H3,(H2,23,24,25);1H. The fourth-order valence-electron chi connectivity index (χ4n) is 3.89. The van der Waals surface area contributed by atoms with E-state index in [0.29, 0.717) is 26.1 Å². The molecule has 0 radical (unpaired) electrons. The SMILES string of the molecule is CCCS(=O)(=O)N1CCC(NC(=NCc2cccc(N3CC=CC3)c2)NCC)CC1.I. The van der Waals surface area contributed by atoms with Gasteiger partial charge in [-0.2, -0.15) is 0 Å². The van der Waals surface area contributed by atoms with E-state index in [-0.39, 0.29) is 35.8 Å². The predicted molar refractivity (Wildman–Crippen MR) is 140 cm³/mol. The number of hydrogen-bond donors (Lipinski definition) is 2. The molecule has 0 saturated carbocycles. The first-order valence-electron chi connectivity index (χ1n) is 11.0. The molecular formula is C22H36IN5O2S. The zero-order valence-corrected chi connectivity index (χ0v) is 21.7. The normalized spacial score (nSPS) is 18.1. The summed E-state index contributed by atoms with van der Waals surface area (Å²) in [6.07, 6.45) is 6.64. The van der Waals surface area contributed by atoms with E-state index in [1.54, 1.807) is 4.31 Å². The molecule has 1 aromatic carbocycles. The van der Waals surface area contributed by atoms with E-state index >= 15 is 0 Å². The third-order valence-corrected chi connectivity index (χ3v) is 7.58. The number of nitrogens with zero attached hydrogens (tertiary/aromatic N) is 3. The van der Waals surface area contributed by atoms with Crippen molar-refractivity contribution in [3.63, 3.8) is 0 Å². The van der Waals surface area contributed by atoms with Gasteiger partial charge in [0.1, 0.15) is 0 Å². The molecule has 0 aromatic heterocycles. The van der Waals surface area contributed by atoms with Gasteiger partial charge in [0, 0.05) is 44.5 Å². The van der Waals surface area contributed by atoms with Gasteiger partial charge >= 0.3 is 0 Å². The summed E-state index contributed by atoms with van der Waals surface area (Å²) in [5, 5.41) is 6.82. The van der Waals surface area contributed by atoms with E-state index in [1.807, 2.05) is 6.92 Å². The van der Waals surface area contributed by atoms with Crippen LogP contribution in [0.3, 0.4) is 0 Å². The summed E-state index contributed by atoms with van der Waals surface area (Å²) in [4.78, 5) is 7.10. The van der Waals surface area contributed by atoms with Crippen molar-refractivity contribution in [3.8, 4) is 0 Å². The molecule has 31 heavy (non-hydrogen) atoms. The Balaban J connectivity index is 0.00000341. The van der Waals surface area contributed by atoms with E-state index in [4.69, 9.17) is 4.99 Å². The lowest BCUT2D eigenvalue weighted by atomic mass is 10.1. The Morgan fingerprint density at radius 2 is 1.87 bits per heavy atom. The van der Waals surface area contributed by atoms with Crippen LogP contribution in [0.25, 0.3) is 0 Å². The van der Waals surface area contributed by atoms with Crippen LogP contribution in [0.2, 0.25) is 0 Å². The van der Waals surface area contributed by atoms with Gasteiger partial charge in [-0.3, -0.25) is 0 Å². The van der Waals surface area contributed by atoms with Crippen LogP contribution < -0.4 is 15.5 Å². The lowest BCUT2D eigenvalue weighted by Crippen LogP contribution is -2.50. The first-order chi connectivity index (χ1) is 14.5. The molecule has 2 N–H and O–H groups in total. The highest BCUT2D eigenvalue weighted by molar-refractivity contribution is 14.0. The maximum atomic E-state index is 12.3. The molecule has 1 saturated heterocycles. The summed E-state index contributed by atoms with van der Waals surface area (Å²) in [7, 11) is -3.10. The number of aliphatic imine (C=N–C) groups is 1. The van der Waals surface area contributed by atoms with Crippen molar-refractivity contribution in [3.05, 3.63) is 42.0 Å². The van der Waals surface area contributed by atoms with Gasteiger partial charge in [0.05, 0.1) is 12.3 Å². The molecule has 3 rings (SSSR count). The first kappa shape index (κ1) is 25.9. The minimum Gasteiger partial charge on any atom is -0.364 e. The maximum Gasteiger partial charge on any atom is 0.214 e. The number of guanidine groups is 1. The van der Waals surface area contributed by atoms with Gasteiger partial charge in [0.15, 0.2) is 5.96 Å². The van der Waals surface area contributed by atoms with Crippen LogP contribution in [0, 0.1) is 0 Å². The molecule has 0 atom stereocenters. The minimum absolute atomic E-state index is 0. The average Bonchev–Trinajstić information content (AvgIpc) is 3.28. The van der Waals surface area contributed by atoms with Crippen LogP contribution in [0.5, 0.6) is 0 Å². The fraction of sp³-hybridized carbons (Fsp3) is 0.591. The largest absolute Gasteiger partial charge is 0.364 e. The number of rotatable bonds is 8. The number of piperidine rings is 1. The Kier molecular flexibility index (Phi) is 10.6. The van der Waals surface area contributed by atoms with Crippen molar-refractivity contribution in [1.82, 2.24) is 14.9 Å². The second-order valence-electron chi connectivity index (χ2n) is 7.88. The van der Waals surface area contributed by atoms with E-state index in [1.165, 1.54) is 11.3 Å². The van der Waals surface area contributed by atoms with Crippen LogP contribution in [-0.2, 0) is 16.6 Å². The van der Waals surface area contributed by atoms with E-state index in [0.717, 1.165) is 38.4 Å². The molecule has 0 amide bonds. The molecule has 2 aliphatic rings. The maximum absolute atomic E-state index is 12.3. The second kappa shape index (κ2) is 12.6. The summed E-state index contributed by atoms with van der Waals surface area (Å²) < 4.78 is 26.2. The molecule has 174 valence electrons. The first-order valence-corrected chi connectivity index (χ1v) is 12.6. The number of benzene rings is 1. The van der Waals surface area contributed by atoms with Crippen molar-refractivity contribution in [2.24, 2.45) is 4.99 Å². The lowest BCUT2D eigenvalue weighted by Gasteiger charge is -2.32. The molecule has 1 fully saturated rings. The summed E-state index contributed by atoms with van der Waals surface area (Å²) >= 11 is 0. The molecule has 1 aromatic rings. The van der Waals surface area contributed by atoms with E-state index in [9.17, 15) is 8.42 Å². The van der Waals surface area contributed by atoms with Crippen molar-refractivity contribution in [2.75, 3.05) is 43.4 Å². The molecule has 0 spiro atoms. The molecule has 0 bridgehead atoms. The van der Waals surface area contributed by atoms with Crippen LogP contribution in [-0.4, -0.2) is 63.2 Å². The van der Waals surface area contributed by atoms with Crippen LogP contribution in [0.4, 0.5) is 5.69 Å². The predicted octanol–water partition coefficient (Wildman–Crippen LogP) is 2.94. The van der Waals surface area contributed by atoms with Gasteiger partial charge in [-0.15, -0.1) is 24.0 Å². The number of sulfonamides is 1. The van der Waals surface area contributed by atoms with Crippen molar-refractivity contribution in [1.29, 1.82) is 0 Å². The Labute approximate surface area is 204 Å². The zero-order chi connectivity index (χ0) is 21.4. The molecular weight excluding hydrogens is 525 g/mol. The zero-order valence-electron chi connectivity index (χ0n) is 18.6. The summed E-state index contributed by atoms with van der Waals surface area (Å²) in [6.45, 7) is 8.42.